The van der Waals surface area contributed by atoms with Gasteiger partial charge >= 0.3 is 0 Å². The zero-order valence-electron chi connectivity index (χ0n) is 26.0. The molecule has 0 fully saturated rings. The number of likely N-dealkylation sites (N-methyl/N-ethyl adjacent to an activating group) is 1. The number of carbonyl (C=O) groups is 1. The Morgan fingerprint density at radius 3 is 2.33 bits per heavy atom. The van der Waals surface area contributed by atoms with E-state index in [-0.39, 0.29) is 33.7 Å². The molecular weight excluding hydrogens is 564 g/mol. The number of carbonyl (C=O) groups excluding carboxylic acids is 1. The van der Waals surface area contributed by atoms with Crippen molar-refractivity contribution in [1.29, 1.82) is 0 Å². The normalized spacial score (nSPS) is 12.6. The summed E-state index contributed by atoms with van der Waals surface area (Å²) in [5, 5.41) is 4.50. The van der Waals surface area contributed by atoms with Crippen LogP contribution in [0.15, 0.2) is 59.6 Å². The maximum Gasteiger partial charge on any atom is 0.264 e. The van der Waals surface area contributed by atoms with E-state index in [9.17, 15) is 13.2 Å². The van der Waals surface area contributed by atoms with Gasteiger partial charge in [0, 0.05) is 37.5 Å². The largest absolute Gasteiger partial charge is 0.475 e. The van der Waals surface area contributed by atoms with Crippen molar-refractivity contribution < 1.29 is 17.9 Å². The third-order valence-corrected chi connectivity index (χ3v) is 8.48. The number of hydrogen-bond acceptors (Lipinski definition) is 8. The lowest BCUT2D eigenvalue weighted by Gasteiger charge is -2.34. The third kappa shape index (κ3) is 7.78. The van der Waals surface area contributed by atoms with Gasteiger partial charge in [-0.1, -0.05) is 51.1 Å². The average Bonchev–Trinajstić information content (AvgIpc) is 3.27. The van der Waals surface area contributed by atoms with Crippen LogP contribution in [0.1, 0.15) is 54.4 Å². The second-order valence-corrected chi connectivity index (χ2v) is 13.8. The number of aromatic nitrogens is 4. The smallest absolute Gasteiger partial charge is 0.264 e. The van der Waals surface area contributed by atoms with Crippen LogP contribution in [0.2, 0.25) is 0 Å². The SMILES string of the molecule is Cc1cccc(C)c1-c1cc(OC[C@@H](CC(C)(C)C)N(C)c2cn(C)nc2C)nc(NS(=O)(=O)c2cccc(C=O)c2)n1. The highest BCUT2D eigenvalue weighted by atomic mass is 32.2. The molecule has 0 aliphatic rings. The number of ether oxygens (including phenoxy) is 1. The first-order valence-electron chi connectivity index (χ1n) is 14.1. The standard InChI is InChI=1S/C32H40N6O4S/c1-21-11-9-12-22(2)30(21)27-16-29(34-31(33-27)36-43(40,41)26-14-10-13-24(15-26)19-39)42-20-25(17-32(4,5)6)38(8)28-18-37(7)35-23(28)3/h9-16,18-19,25H,17,20H2,1-8H3,(H,33,34,36)/t25-/m1/s1. The third-order valence-electron chi connectivity index (χ3n) is 7.16. The lowest BCUT2D eigenvalue weighted by Crippen LogP contribution is -2.40. The quantitative estimate of drug-likeness (QED) is 0.216. The van der Waals surface area contributed by atoms with E-state index in [4.69, 9.17) is 4.74 Å². The number of aryl methyl sites for hydroxylation is 4. The van der Waals surface area contributed by atoms with Gasteiger partial charge in [0.05, 0.1) is 28.0 Å². The van der Waals surface area contributed by atoms with Crippen LogP contribution in [0.5, 0.6) is 5.88 Å². The molecule has 0 spiro atoms. The van der Waals surface area contributed by atoms with Crippen molar-refractivity contribution in [2.75, 3.05) is 23.3 Å². The van der Waals surface area contributed by atoms with Crippen molar-refractivity contribution in [2.45, 2.75) is 58.9 Å². The van der Waals surface area contributed by atoms with Gasteiger partial charge in [0.2, 0.25) is 11.8 Å². The van der Waals surface area contributed by atoms with E-state index in [1.54, 1.807) is 10.7 Å². The molecule has 4 rings (SSSR count). The van der Waals surface area contributed by atoms with E-state index in [1.807, 2.05) is 59.3 Å². The highest BCUT2D eigenvalue weighted by molar-refractivity contribution is 7.92. The molecular formula is C32H40N6O4S. The van der Waals surface area contributed by atoms with Gasteiger partial charge in [-0.3, -0.25) is 9.48 Å². The van der Waals surface area contributed by atoms with Crippen molar-refractivity contribution in [3.8, 4) is 17.1 Å². The average molecular weight is 605 g/mol. The first-order chi connectivity index (χ1) is 20.2. The summed E-state index contributed by atoms with van der Waals surface area (Å²) in [6, 6.07) is 13.4. The van der Waals surface area contributed by atoms with Crippen molar-refractivity contribution in [3.63, 3.8) is 0 Å². The Kier molecular flexibility index (Phi) is 9.24. The summed E-state index contributed by atoms with van der Waals surface area (Å²) in [4.78, 5) is 22.4. The summed E-state index contributed by atoms with van der Waals surface area (Å²) in [6.45, 7) is 12.8. The van der Waals surface area contributed by atoms with E-state index in [2.05, 4.69) is 45.5 Å². The number of rotatable bonds is 11. The van der Waals surface area contributed by atoms with E-state index in [0.29, 0.717) is 18.6 Å². The molecule has 0 radical (unpaired) electrons. The summed E-state index contributed by atoms with van der Waals surface area (Å²) in [7, 11) is -0.173. The van der Waals surface area contributed by atoms with E-state index in [1.165, 1.54) is 24.3 Å². The molecule has 0 bridgehead atoms. The highest BCUT2D eigenvalue weighted by Crippen LogP contribution is 2.31. The maximum absolute atomic E-state index is 13.3. The fraction of sp³-hybridized carbons (Fsp3) is 0.375. The van der Waals surface area contributed by atoms with Gasteiger partial charge in [-0.2, -0.15) is 10.1 Å². The number of nitrogens with one attached hydrogen (secondary N) is 1. The molecule has 10 nitrogen and oxygen atoms in total. The molecule has 0 saturated carbocycles. The van der Waals surface area contributed by atoms with E-state index < -0.39 is 10.0 Å². The Hall–Kier alpha value is -4.25. The van der Waals surface area contributed by atoms with Crippen LogP contribution < -0.4 is 14.4 Å². The Morgan fingerprint density at radius 1 is 1.05 bits per heavy atom. The van der Waals surface area contributed by atoms with Crippen molar-refractivity contribution in [1.82, 2.24) is 19.7 Å². The fourth-order valence-corrected chi connectivity index (χ4v) is 6.15. The Balaban J connectivity index is 1.73. The molecule has 0 amide bonds. The second kappa shape index (κ2) is 12.5. The van der Waals surface area contributed by atoms with Gasteiger partial charge in [-0.25, -0.2) is 18.1 Å². The predicted molar refractivity (Wildman–Crippen MR) is 169 cm³/mol. The van der Waals surface area contributed by atoms with Crippen LogP contribution in [0.25, 0.3) is 11.3 Å². The molecule has 1 atom stereocenters. The lowest BCUT2D eigenvalue weighted by atomic mass is 9.87. The molecule has 43 heavy (non-hydrogen) atoms. The summed E-state index contributed by atoms with van der Waals surface area (Å²) in [5.41, 5.74) is 5.53. The van der Waals surface area contributed by atoms with E-state index >= 15 is 0 Å². The number of anilines is 2. The maximum atomic E-state index is 13.3. The molecule has 1 N–H and O–H groups in total. The van der Waals surface area contributed by atoms with Crippen LogP contribution in [0.3, 0.4) is 0 Å². The van der Waals surface area contributed by atoms with Crippen LogP contribution in [0.4, 0.5) is 11.6 Å². The highest BCUT2D eigenvalue weighted by Gasteiger charge is 2.26. The van der Waals surface area contributed by atoms with Crippen LogP contribution >= 0.6 is 0 Å². The summed E-state index contributed by atoms with van der Waals surface area (Å²) in [5.74, 6) is 0.109. The zero-order chi connectivity index (χ0) is 31.5. The number of aldehydes is 1. The van der Waals surface area contributed by atoms with Gasteiger partial charge in [-0.05, 0) is 55.9 Å². The molecule has 2 heterocycles. The summed E-state index contributed by atoms with van der Waals surface area (Å²) >= 11 is 0. The van der Waals surface area contributed by atoms with Crippen LogP contribution in [-0.4, -0.2) is 54.1 Å². The molecule has 2 aromatic heterocycles. The minimum absolute atomic E-state index is 0.00431. The topological polar surface area (TPSA) is 119 Å². The van der Waals surface area contributed by atoms with E-state index in [0.717, 1.165) is 34.5 Å². The molecule has 0 aliphatic carbocycles. The molecule has 2 aromatic carbocycles. The number of nitrogens with zero attached hydrogens (tertiary/aromatic N) is 5. The minimum Gasteiger partial charge on any atom is -0.475 e. The minimum atomic E-state index is -4.10. The number of hydrogen-bond donors (Lipinski definition) is 1. The fourth-order valence-electron chi connectivity index (χ4n) is 5.15. The van der Waals surface area contributed by atoms with Crippen molar-refractivity contribution in [3.05, 3.63) is 77.1 Å². The first kappa shape index (κ1) is 31.7. The molecule has 0 saturated heterocycles. The Morgan fingerprint density at radius 2 is 1.72 bits per heavy atom. The van der Waals surface area contributed by atoms with Gasteiger partial charge in [0.25, 0.3) is 10.0 Å². The monoisotopic (exact) mass is 604 g/mol. The molecule has 11 heteroatoms. The second-order valence-electron chi connectivity index (χ2n) is 12.1. The van der Waals surface area contributed by atoms with Gasteiger partial charge in [0.15, 0.2) is 0 Å². The summed E-state index contributed by atoms with van der Waals surface area (Å²) < 4.78 is 37.2. The van der Waals surface area contributed by atoms with Crippen LogP contribution in [0, 0.1) is 26.2 Å². The predicted octanol–water partition coefficient (Wildman–Crippen LogP) is 5.74. The zero-order valence-corrected chi connectivity index (χ0v) is 26.9. The van der Waals surface area contributed by atoms with Gasteiger partial charge in [-0.15, -0.1) is 0 Å². The van der Waals surface area contributed by atoms with Gasteiger partial charge in [0.1, 0.15) is 12.9 Å². The molecule has 228 valence electrons. The number of benzene rings is 2. The number of sulfonamides is 1. The van der Waals surface area contributed by atoms with Crippen molar-refractivity contribution >= 4 is 27.9 Å². The molecule has 0 aliphatic heterocycles. The van der Waals surface area contributed by atoms with Crippen LogP contribution in [-0.2, 0) is 17.1 Å². The lowest BCUT2D eigenvalue weighted by molar-refractivity contribution is 0.112. The van der Waals surface area contributed by atoms with Gasteiger partial charge < -0.3 is 9.64 Å². The Bertz CT molecular complexity index is 1710. The molecule has 4 aromatic rings. The van der Waals surface area contributed by atoms with Crippen molar-refractivity contribution in [2.24, 2.45) is 12.5 Å². The molecule has 0 unspecified atom stereocenters. The Labute approximate surface area is 254 Å². The first-order valence-corrected chi connectivity index (χ1v) is 15.5. The summed E-state index contributed by atoms with van der Waals surface area (Å²) in [6.07, 6.45) is 3.40.